The van der Waals surface area contributed by atoms with Crippen molar-refractivity contribution in [2.24, 2.45) is 0 Å². The fraction of sp³-hybridized carbons (Fsp3) is 0.212. The van der Waals surface area contributed by atoms with Crippen LogP contribution in [0.5, 0.6) is 0 Å². The summed E-state index contributed by atoms with van der Waals surface area (Å²) in [5.74, 6) is -1.65. The molecule has 41 heavy (non-hydrogen) atoms. The molecule has 0 aliphatic heterocycles. The van der Waals surface area contributed by atoms with Gasteiger partial charge in [0.05, 0.1) is 16.9 Å². The van der Waals surface area contributed by atoms with Crippen LogP contribution in [0.3, 0.4) is 0 Å². The van der Waals surface area contributed by atoms with Gasteiger partial charge >= 0.3 is 0 Å². The lowest BCUT2D eigenvalue weighted by Crippen LogP contribution is -2.17. The number of imidazole rings is 1. The van der Waals surface area contributed by atoms with Gasteiger partial charge < -0.3 is 14.5 Å². The Morgan fingerprint density at radius 2 is 1.61 bits per heavy atom. The van der Waals surface area contributed by atoms with Crippen molar-refractivity contribution in [3.63, 3.8) is 0 Å². The molecular formula is C33H31F3N4O. The molecule has 0 saturated carbocycles. The van der Waals surface area contributed by atoms with Crippen LogP contribution in [0.2, 0.25) is 0 Å². The highest BCUT2D eigenvalue weighted by Crippen LogP contribution is 2.42. The number of halogens is 3. The van der Waals surface area contributed by atoms with Crippen LogP contribution < -0.4 is 5.32 Å². The molecule has 0 unspecified atom stereocenters. The Labute approximate surface area is 237 Å². The van der Waals surface area contributed by atoms with Crippen LogP contribution in [0.4, 0.5) is 18.9 Å². The minimum absolute atomic E-state index is 0.0968. The number of carbonyl (C=O) groups is 1. The molecule has 0 aliphatic rings. The molecule has 2 aromatic heterocycles. The van der Waals surface area contributed by atoms with Crippen LogP contribution in [0.1, 0.15) is 48.1 Å². The largest absolute Gasteiger partial charge is 0.343 e. The van der Waals surface area contributed by atoms with Crippen LogP contribution in [-0.2, 0) is 13.1 Å². The number of hydrogen-bond donors (Lipinski definition) is 1. The van der Waals surface area contributed by atoms with Crippen molar-refractivity contribution < 1.29 is 18.0 Å². The molecule has 2 heterocycles. The molecule has 210 valence electrons. The first-order valence-corrected chi connectivity index (χ1v) is 13.6. The number of benzene rings is 3. The van der Waals surface area contributed by atoms with Gasteiger partial charge in [0, 0.05) is 42.8 Å². The first-order valence-electron chi connectivity index (χ1n) is 13.6. The molecule has 0 aliphatic carbocycles. The third kappa shape index (κ3) is 5.82. The van der Waals surface area contributed by atoms with Gasteiger partial charge in [0.25, 0.3) is 5.91 Å². The number of aromatic nitrogens is 3. The number of rotatable bonds is 9. The third-order valence-corrected chi connectivity index (χ3v) is 7.14. The zero-order valence-electron chi connectivity index (χ0n) is 23.2. The minimum Gasteiger partial charge on any atom is -0.343 e. The van der Waals surface area contributed by atoms with Crippen molar-refractivity contribution in [1.82, 2.24) is 14.1 Å². The Kier molecular flexibility index (Phi) is 8.10. The summed E-state index contributed by atoms with van der Waals surface area (Å²) < 4.78 is 46.4. The summed E-state index contributed by atoms with van der Waals surface area (Å²) in [5.41, 5.74) is 4.03. The van der Waals surface area contributed by atoms with E-state index in [-0.39, 0.29) is 17.4 Å². The fourth-order valence-electron chi connectivity index (χ4n) is 5.31. The summed E-state index contributed by atoms with van der Waals surface area (Å²) in [7, 11) is 0. The van der Waals surface area contributed by atoms with Crippen molar-refractivity contribution in [2.75, 3.05) is 5.32 Å². The maximum Gasteiger partial charge on any atom is 0.258 e. The van der Waals surface area contributed by atoms with Gasteiger partial charge in [-0.3, -0.25) is 4.79 Å². The van der Waals surface area contributed by atoms with E-state index in [9.17, 15) is 18.0 Å². The monoisotopic (exact) mass is 556 g/mol. The summed E-state index contributed by atoms with van der Waals surface area (Å²) in [4.78, 5) is 18.4. The average Bonchev–Trinajstić information content (AvgIpc) is 3.52. The molecule has 0 fully saturated rings. The Bertz CT molecular complexity index is 1670. The van der Waals surface area contributed by atoms with Gasteiger partial charge in [-0.05, 0) is 66.8 Å². The van der Waals surface area contributed by atoms with E-state index in [4.69, 9.17) is 0 Å². The van der Waals surface area contributed by atoms with Crippen molar-refractivity contribution >= 4 is 11.6 Å². The van der Waals surface area contributed by atoms with E-state index in [1.165, 1.54) is 18.2 Å². The van der Waals surface area contributed by atoms with Crippen LogP contribution in [0.15, 0.2) is 85.2 Å². The number of amides is 1. The molecule has 1 amide bonds. The van der Waals surface area contributed by atoms with E-state index >= 15 is 0 Å². The first-order chi connectivity index (χ1) is 19.7. The standard InChI is InChI=1S/C33H31F3N4O/c1-21(2)31-30(33(41)38-28-15-14-26(35)20-27(28)36)29(23-8-5-4-6-9-23)32(24-10-12-25(34)13-11-24)40(31)18-7-17-39-19-16-37-22(39)3/h4-6,8-16,19-21H,7,17-18H2,1-3H3,(H,38,41). The second-order valence-electron chi connectivity index (χ2n) is 10.3. The second kappa shape index (κ2) is 11.9. The molecule has 5 rings (SSSR count). The number of aryl methyl sites for hydroxylation is 2. The molecular weight excluding hydrogens is 525 g/mol. The van der Waals surface area contributed by atoms with Gasteiger partial charge in [-0.15, -0.1) is 0 Å². The Hall–Kier alpha value is -4.59. The summed E-state index contributed by atoms with van der Waals surface area (Å²) in [6.45, 7) is 7.24. The van der Waals surface area contributed by atoms with Crippen LogP contribution in [-0.4, -0.2) is 20.0 Å². The SMILES string of the molecule is Cc1nccn1CCCn1c(-c2ccc(F)cc2)c(-c2ccccc2)c(C(=O)Nc2ccc(F)cc2F)c1C(C)C. The van der Waals surface area contributed by atoms with Crippen LogP contribution >= 0.6 is 0 Å². The van der Waals surface area contributed by atoms with Crippen molar-refractivity contribution in [1.29, 1.82) is 0 Å². The zero-order chi connectivity index (χ0) is 29.1. The van der Waals surface area contributed by atoms with Gasteiger partial charge in [0.2, 0.25) is 0 Å². The van der Waals surface area contributed by atoms with E-state index < -0.39 is 17.5 Å². The topological polar surface area (TPSA) is 51.9 Å². The Morgan fingerprint density at radius 3 is 2.24 bits per heavy atom. The molecule has 0 spiro atoms. The molecule has 5 nitrogen and oxygen atoms in total. The van der Waals surface area contributed by atoms with E-state index in [0.29, 0.717) is 24.2 Å². The Balaban J connectivity index is 1.72. The average molecular weight is 557 g/mol. The molecule has 1 N–H and O–H groups in total. The number of nitrogens with one attached hydrogen (secondary N) is 1. The highest BCUT2D eigenvalue weighted by molar-refractivity contribution is 6.12. The van der Waals surface area contributed by atoms with Crippen LogP contribution in [0, 0.1) is 24.4 Å². The third-order valence-electron chi connectivity index (χ3n) is 7.14. The number of carbonyl (C=O) groups excluding carboxylic acids is 1. The van der Waals surface area contributed by atoms with Gasteiger partial charge in [0.15, 0.2) is 0 Å². The molecule has 3 aromatic carbocycles. The summed E-state index contributed by atoms with van der Waals surface area (Å²) in [5, 5.41) is 2.68. The van der Waals surface area contributed by atoms with E-state index in [1.54, 1.807) is 18.3 Å². The van der Waals surface area contributed by atoms with Crippen molar-refractivity contribution in [3.8, 4) is 22.4 Å². The lowest BCUT2D eigenvalue weighted by molar-refractivity contribution is 0.102. The molecule has 8 heteroatoms. The molecule has 0 bridgehead atoms. The summed E-state index contributed by atoms with van der Waals surface area (Å²) >= 11 is 0. The Morgan fingerprint density at radius 1 is 0.902 bits per heavy atom. The number of anilines is 1. The lowest BCUT2D eigenvalue weighted by Gasteiger charge is -2.18. The second-order valence-corrected chi connectivity index (χ2v) is 10.3. The van der Waals surface area contributed by atoms with E-state index in [2.05, 4.69) is 19.4 Å². The van der Waals surface area contributed by atoms with Crippen molar-refractivity contribution in [3.05, 3.63) is 120 Å². The molecule has 0 radical (unpaired) electrons. The smallest absolute Gasteiger partial charge is 0.258 e. The lowest BCUT2D eigenvalue weighted by atomic mass is 9.94. The zero-order valence-corrected chi connectivity index (χ0v) is 23.2. The summed E-state index contributed by atoms with van der Waals surface area (Å²) in [6, 6.07) is 18.8. The number of hydrogen-bond acceptors (Lipinski definition) is 2. The maximum atomic E-state index is 14.6. The predicted molar refractivity (Wildman–Crippen MR) is 155 cm³/mol. The first kappa shape index (κ1) is 28.0. The highest BCUT2D eigenvalue weighted by Gasteiger charge is 2.30. The van der Waals surface area contributed by atoms with Gasteiger partial charge in [-0.2, -0.15) is 0 Å². The van der Waals surface area contributed by atoms with Gasteiger partial charge in [-0.25, -0.2) is 18.2 Å². The molecule has 0 atom stereocenters. The fourth-order valence-corrected chi connectivity index (χ4v) is 5.31. The summed E-state index contributed by atoms with van der Waals surface area (Å²) in [6.07, 6.45) is 4.43. The van der Waals surface area contributed by atoms with E-state index in [1.807, 2.05) is 57.3 Å². The van der Waals surface area contributed by atoms with Crippen molar-refractivity contribution in [2.45, 2.75) is 46.2 Å². The van der Waals surface area contributed by atoms with Gasteiger partial charge in [0.1, 0.15) is 23.3 Å². The predicted octanol–water partition coefficient (Wildman–Crippen LogP) is 8.21. The highest BCUT2D eigenvalue weighted by atomic mass is 19.1. The number of nitrogens with zero attached hydrogens (tertiary/aromatic N) is 3. The minimum atomic E-state index is -0.861. The van der Waals surface area contributed by atoms with E-state index in [0.717, 1.165) is 46.9 Å². The maximum absolute atomic E-state index is 14.6. The molecule has 0 saturated heterocycles. The quantitative estimate of drug-likeness (QED) is 0.199. The normalized spacial score (nSPS) is 11.3. The molecule has 5 aromatic rings. The van der Waals surface area contributed by atoms with Crippen LogP contribution in [0.25, 0.3) is 22.4 Å². The van der Waals surface area contributed by atoms with Gasteiger partial charge in [-0.1, -0.05) is 44.2 Å².